The summed E-state index contributed by atoms with van der Waals surface area (Å²) in [6.07, 6.45) is 1.90. The van der Waals surface area contributed by atoms with Crippen LogP contribution in [-0.2, 0) is 11.8 Å². The Morgan fingerprint density at radius 3 is 2.13 bits per heavy atom. The van der Waals surface area contributed by atoms with Crippen LogP contribution in [0.15, 0.2) is 182 Å². The molecule has 248 valence electrons. The lowest BCUT2D eigenvalue weighted by Crippen LogP contribution is -2.25. The SMILES string of the molecule is S=P(c1ccccc1)(c1ccc2ccccc2c1)c1ccc(-c2ccc3c(ccc4c5ccccc5c5nc6ccccc6n5c34)c2)c2ncccc12. The molecule has 1 unspecified atom stereocenters. The zero-order valence-corrected chi connectivity index (χ0v) is 30.2. The Hall–Kier alpha value is -6.19. The van der Waals surface area contributed by atoms with Gasteiger partial charge >= 0.3 is 0 Å². The van der Waals surface area contributed by atoms with Crippen molar-refractivity contribution in [1.29, 1.82) is 0 Å². The summed E-state index contributed by atoms with van der Waals surface area (Å²) in [5.41, 5.74) is 7.45. The van der Waals surface area contributed by atoms with Gasteiger partial charge in [0, 0.05) is 44.6 Å². The first-order chi connectivity index (χ1) is 26.2. The maximum Gasteiger partial charge on any atom is 0.146 e. The van der Waals surface area contributed by atoms with Crippen molar-refractivity contribution in [1.82, 2.24) is 14.4 Å². The minimum atomic E-state index is -2.48. The predicted molar refractivity (Wildman–Crippen MR) is 230 cm³/mol. The number of pyridine rings is 2. The Morgan fingerprint density at radius 2 is 1.23 bits per heavy atom. The van der Waals surface area contributed by atoms with Crippen LogP contribution < -0.4 is 15.9 Å². The second kappa shape index (κ2) is 11.7. The summed E-state index contributed by atoms with van der Waals surface area (Å²) in [6, 6.07) is 60.7. The predicted octanol–water partition coefficient (Wildman–Crippen LogP) is 11.1. The normalized spacial score (nSPS) is 13.1. The second-order valence-corrected chi connectivity index (χ2v) is 18.1. The maximum atomic E-state index is 6.93. The van der Waals surface area contributed by atoms with Gasteiger partial charge in [-0.05, 0) is 68.0 Å². The van der Waals surface area contributed by atoms with Crippen molar-refractivity contribution in [2.45, 2.75) is 0 Å². The number of imidazole rings is 1. The zero-order chi connectivity index (χ0) is 35.1. The third-order valence-corrected chi connectivity index (χ3v) is 15.8. The van der Waals surface area contributed by atoms with Crippen LogP contribution in [0.3, 0.4) is 0 Å². The minimum absolute atomic E-state index is 0.963. The fourth-order valence-electron chi connectivity index (χ4n) is 8.39. The van der Waals surface area contributed by atoms with E-state index in [1.54, 1.807) is 0 Å². The molecule has 0 radical (unpaired) electrons. The molecule has 0 aliphatic rings. The monoisotopic (exact) mass is 711 g/mol. The largest absolute Gasteiger partial charge is 0.291 e. The Labute approximate surface area is 310 Å². The standard InChI is InChI=1S/C48H30N3PS/c53-52(35-13-2-1-3-14-35,36-23-20-31-11-4-5-12-32(31)30-36)45-27-26-37(46-42(45)17-10-28-49-46)33-21-24-38-34(29-33)22-25-40-39-15-6-7-16-41(39)48-50-43-18-8-9-19-44(43)51(48)47(38)40/h1-30H. The van der Waals surface area contributed by atoms with Crippen molar-refractivity contribution in [2.24, 2.45) is 0 Å². The van der Waals surface area contributed by atoms with E-state index in [1.807, 2.05) is 12.3 Å². The van der Waals surface area contributed by atoms with Gasteiger partial charge in [-0.2, -0.15) is 0 Å². The Morgan fingerprint density at radius 1 is 0.491 bits per heavy atom. The number of para-hydroxylation sites is 2. The molecule has 11 aromatic rings. The summed E-state index contributed by atoms with van der Waals surface area (Å²) < 4.78 is 2.35. The summed E-state index contributed by atoms with van der Waals surface area (Å²) in [6.45, 7) is 0. The molecule has 1 atom stereocenters. The van der Waals surface area contributed by atoms with Gasteiger partial charge in [-0.15, -0.1) is 0 Å². The highest BCUT2D eigenvalue weighted by molar-refractivity contribution is 8.25. The van der Waals surface area contributed by atoms with Crippen LogP contribution >= 0.6 is 6.04 Å². The fourth-order valence-corrected chi connectivity index (χ4v) is 12.4. The molecule has 0 N–H and O–H groups in total. The van der Waals surface area contributed by atoms with Gasteiger partial charge in [0.05, 0.1) is 22.1 Å². The van der Waals surface area contributed by atoms with E-state index in [9.17, 15) is 0 Å². The molecule has 0 spiro atoms. The van der Waals surface area contributed by atoms with E-state index >= 15 is 0 Å². The number of fused-ring (bicyclic) bond motifs is 12. The van der Waals surface area contributed by atoms with E-state index in [4.69, 9.17) is 21.8 Å². The van der Waals surface area contributed by atoms with Gasteiger partial charge in [0.1, 0.15) is 5.65 Å². The fraction of sp³-hybridized carbons (Fsp3) is 0. The van der Waals surface area contributed by atoms with E-state index in [2.05, 4.69) is 174 Å². The molecule has 0 aliphatic heterocycles. The van der Waals surface area contributed by atoms with Crippen molar-refractivity contribution < 1.29 is 0 Å². The molecular formula is C48H30N3PS. The first-order valence-electron chi connectivity index (χ1n) is 17.8. The summed E-state index contributed by atoms with van der Waals surface area (Å²) >= 11 is 6.93. The molecule has 3 aromatic heterocycles. The first kappa shape index (κ1) is 30.4. The van der Waals surface area contributed by atoms with Crippen molar-refractivity contribution in [3.8, 4) is 11.1 Å². The van der Waals surface area contributed by atoms with Crippen molar-refractivity contribution in [3.63, 3.8) is 0 Å². The second-order valence-electron chi connectivity index (χ2n) is 13.7. The highest BCUT2D eigenvalue weighted by Crippen LogP contribution is 2.46. The van der Waals surface area contributed by atoms with Crippen LogP contribution in [0, 0.1) is 0 Å². The molecule has 0 saturated heterocycles. The summed E-state index contributed by atoms with van der Waals surface area (Å²) in [5, 5.41) is 13.0. The third-order valence-electron chi connectivity index (χ3n) is 10.8. The van der Waals surface area contributed by atoms with Crippen LogP contribution in [-0.4, -0.2) is 14.4 Å². The molecule has 0 saturated carbocycles. The topological polar surface area (TPSA) is 30.2 Å². The number of aromatic nitrogens is 3. The van der Waals surface area contributed by atoms with Gasteiger partial charge in [0.2, 0.25) is 0 Å². The molecule has 8 aromatic carbocycles. The Bertz CT molecular complexity index is 3330. The number of nitrogens with zero attached hydrogens (tertiary/aromatic N) is 3. The van der Waals surface area contributed by atoms with Gasteiger partial charge < -0.3 is 0 Å². The average molecular weight is 712 g/mol. The summed E-state index contributed by atoms with van der Waals surface area (Å²) in [5.74, 6) is 0. The van der Waals surface area contributed by atoms with E-state index in [0.29, 0.717) is 0 Å². The van der Waals surface area contributed by atoms with E-state index in [1.165, 1.54) is 48.4 Å². The minimum Gasteiger partial charge on any atom is -0.291 e. The molecule has 0 fully saturated rings. The zero-order valence-electron chi connectivity index (χ0n) is 28.5. The van der Waals surface area contributed by atoms with Gasteiger partial charge in [-0.3, -0.25) is 9.38 Å². The summed E-state index contributed by atoms with van der Waals surface area (Å²) in [4.78, 5) is 10.2. The van der Waals surface area contributed by atoms with Crippen LogP contribution in [0.1, 0.15) is 0 Å². The van der Waals surface area contributed by atoms with E-state index in [-0.39, 0.29) is 0 Å². The highest BCUT2D eigenvalue weighted by atomic mass is 32.4. The van der Waals surface area contributed by atoms with Crippen LogP contribution in [0.2, 0.25) is 0 Å². The van der Waals surface area contributed by atoms with E-state index < -0.39 is 6.04 Å². The van der Waals surface area contributed by atoms with E-state index in [0.717, 1.165) is 49.4 Å². The van der Waals surface area contributed by atoms with Crippen LogP contribution in [0.4, 0.5) is 0 Å². The molecule has 3 nitrogen and oxygen atoms in total. The van der Waals surface area contributed by atoms with Gasteiger partial charge in [-0.1, -0.05) is 157 Å². The number of rotatable bonds is 4. The quantitative estimate of drug-likeness (QED) is 0.134. The molecule has 0 aliphatic carbocycles. The average Bonchev–Trinajstić information content (AvgIpc) is 3.63. The number of benzene rings is 8. The molecule has 0 amide bonds. The maximum absolute atomic E-state index is 6.93. The van der Waals surface area contributed by atoms with Crippen molar-refractivity contribution >= 4 is 105 Å². The van der Waals surface area contributed by atoms with Gasteiger partial charge in [0.15, 0.2) is 0 Å². The highest BCUT2D eigenvalue weighted by Gasteiger charge is 2.28. The third kappa shape index (κ3) is 4.50. The van der Waals surface area contributed by atoms with Crippen LogP contribution in [0.25, 0.3) is 81.9 Å². The Balaban J connectivity index is 1.15. The molecule has 11 rings (SSSR count). The lowest BCUT2D eigenvalue weighted by molar-refractivity contribution is 1.32. The molecule has 5 heteroatoms. The van der Waals surface area contributed by atoms with Crippen molar-refractivity contribution in [3.05, 3.63) is 182 Å². The smallest absolute Gasteiger partial charge is 0.146 e. The van der Waals surface area contributed by atoms with Gasteiger partial charge in [-0.25, -0.2) is 4.98 Å². The van der Waals surface area contributed by atoms with Crippen molar-refractivity contribution in [2.75, 3.05) is 0 Å². The molecular weight excluding hydrogens is 682 g/mol. The molecule has 53 heavy (non-hydrogen) atoms. The number of hydrogen-bond acceptors (Lipinski definition) is 3. The lowest BCUT2D eigenvalue weighted by Gasteiger charge is -2.26. The molecule has 3 heterocycles. The lowest BCUT2D eigenvalue weighted by atomic mass is 9.96. The summed E-state index contributed by atoms with van der Waals surface area (Å²) in [7, 11) is 0. The molecule has 0 bridgehead atoms. The van der Waals surface area contributed by atoms with Crippen LogP contribution in [0.5, 0.6) is 0 Å². The Kier molecular flexibility index (Phi) is 6.70. The number of hydrogen-bond donors (Lipinski definition) is 0. The first-order valence-corrected chi connectivity index (χ1v) is 20.7. The van der Waals surface area contributed by atoms with Gasteiger partial charge in [0.25, 0.3) is 0 Å².